The molecule has 0 unspecified atom stereocenters. The molecule has 0 atom stereocenters. The second-order valence-corrected chi connectivity index (χ2v) is 5.97. The van der Waals surface area contributed by atoms with Crippen molar-refractivity contribution in [2.45, 2.75) is 0 Å². The highest BCUT2D eigenvalue weighted by Crippen LogP contribution is 2.27. The van der Waals surface area contributed by atoms with Crippen LogP contribution in [-0.4, -0.2) is 13.0 Å². The number of carbonyl (C=O) groups excluding carboxylic acids is 1. The van der Waals surface area contributed by atoms with Crippen molar-refractivity contribution in [1.82, 2.24) is 0 Å². The van der Waals surface area contributed by atoms with E-state index in [-0.39, 0.29) is 5.57 Å². The maximum Gasteiger partial charge on any atom is 0.267 e. The van der Waals surface area contributed by atoms with Crippen LogP contribution in [0.2, 0.25) is 5.02 Å². The fourth-order valence-corrected chi connectivity index (χ4v) is 2.26. The standard InChI is InChI=1S/C17H13BrClN3O2/c1-24-16-7-4-13(19)8-15(16)21-10-11(9-20)17(23)22-14-5-2-12(18)3-6-14/h2-8,10,21H,1H3,(H,22,23)/b11-10-. The fraction of sp³-hybridized carbons (Fsp3) is 0.0588. The van der Waals surface area contributed by atoms with E-state index in [1.165, 1.54) is 13.3 Å². The summed E-state index contributed by atoms with van der Waals surface area (Å²) in [6.07, 6.45) is 1.31. The summed E-state index contributed by atoms with van der Waals surface area (Å²) in [6, 6.07) is 13.9. The molecule has 0 bridgehead atoms. The number of amides is 1. The number of anilines is 2. The molecule has 0 aliphatic heterocycles. The lowest BCUT2D eigenvalue weighted by atomic mass is 10.2. The molecule has 2 aromatic rings. The SMILES string of the molecule is COc1ccc(Cl)cc1N/C=C(/C#N)C(=O)Nc1ccc(Br)cc1. The van der Waals surface area contributed by atoms with Gasteiger partial charge in [0.05, 0.1) is 12.8 Å². The summed E-state index contributed by atoms with van der Waals surface area (Å²) in [5.74, 6) is 0.0228. The summed E-state index contributed by atoms with van der Waals surface area (Å²) in [5.41, 5.74) is 1.05. The number of hydrogen-bond acceptors (Lipinski definition) is 4. The van der Waals surface area contributed by atoms with E-state index in [4.69, 9.17) is 16.3 Å². The van der Waals surface area contributed by atoms with Crippen LogP contribution >= 0.6 is 27.5 Å². The lowest BCUT2D eigenvalue weighted by Crippen LogP contribution is -2.14. The van der Waals surface area contributed by atoms with Gasteiger partial charge in [0.25, 0.3) is 5.91 Å². The molecule has 24 heavy (non-hydrogen) atoms. The quantitative estimate of drug-likeness (QED) is 0.563. The average molecular weight is 407 g/mol. The van der Waals surface area contributed by atoms with Crippen LogP contribution in [-0.2, 0) is 4.79 Å². The highest BCUT2D eigenvalue weighted by molar-refractivity contribution is 9.10. The first-order valence-corrected chi connectivity index (χ1v) is 7.98. The third-order valence-electron chi connectivity index (χ3n) is 3.00. The first kappa shape index (κ1) is 17.9. The Balaban J connectivity index is 2.14. The van der Waals surface area contributed by atoms with E-state index >= 15 is 0 Å². The van der Waals surface area contributed by atoms with Crippen molar-refractivity contribution in [2.75, 3.05) is 17.7 Å². The van der Waals surface area contributed by atoms with Gasteiger partial charge in [-0.15, -0.1) is 0 Å². The summed E-state index contributed by atoms with van der Waals surface area (Å²) < 4.78 is 6.09. The normalized spacial score (nSPS) is 10.7. The Kier molecular flexibility index (Phi) is 6.24. The van der Waals surface area contributed by atoms with Crippen molar-refractivity contribution in [1.29, 1.82) is 5.26 Å². The van der Waals surface area contributed by atoms with Crippen molar-refractivity contribution >= 4 is 44.8 Å². The molecule has 0 fully saturated rings. The molecule has 0 radical (unpaired) electrons. The van der Waals surface area contributed by atoms with Crippen LogP contribution in [0.15, 0.2) is 58.7 Å². The van der Waals surface area contributed by atoms with Crippen LogP contribution in [0.25, 0.3) is 0 Å². The Morgan fingerprint density at radius 2 is 2.00 bits per heavy atom. The summed E-state index contributed by atoms with van der Waals surface area (Å²) in [7, 11) is 1.52. The van der Waals surface area contributed by atoms with E-state index in [9.17, 15) is 10.1 Å². The Morgan fingerprint density at radius 3 is 2.62 bits per heavy atom. The molecular weight excluding hydrogens is 394 g/mol. The van der Waals surface area contributed by atoms with E-state index in [0.717, 1.165) is 4.47 Å². The smallest absolute Gasteiger partial charge is 0.267 e. The third kappa shape index (κ3) is 4.75. The van der Waals surface area contributed by atoms with Crippen LogP contribution in [0.1, 0.15) is 0 Å². The minimum atomic E-state index is -0.520. The third-order valence-corrected chi connectivity index (χ3v) is 3.76. The minimum Gasteiger partial charge on any atom is -0.495 e. The number of nitriles is 1. The van der Waals surface area contributed by atoms with Crippen molar-refractivity contribution < 1.29 is 9.53 Å². The molecule has 7 heteroatoms. The van der Waals surface area contributed by atoms with Gasteiger partial charge in [-0.25, -0.2) is 0 Å². The molecule has 2 rings (SSSR count). The molecule has 0 aromatic heterocycles. The van der Waals surface area contributed by atoms with Gasteiger partial charge in [-0.3, -0.25) is 4.79 Å². The number of benzene rings is 2. The number of nitrogens with zero attached hydrogens (tertiary/aromatic N) is 1. The lowest BCUT2D eigenvalue weighted by molar-refractivity contribution is -0.112. The van der Waals surface area contributed by atoms with Crippen molar-refractivity contribution in [2.24, 2.45) is 0 Å². The molecule has 5 nitrogen and oxygen atoms in total. The Hall–Kier alpha value is -2.49. The Bertz CT molecular complexity index is 814. The number of carbonyl (C=O) groups is 1. The monoisotopic (exact) mass is 405 g/mol. The summed E-state index contributed by atoms with van der Waals surface area (Å²) >= 11 is 9.26. The fourth-order valence-electron chi connectivity index (χ4n) is 1.82. The molecule has 2 N–H and O–H groups in total. The minimum absolute atomic E-state index is 0.0834. The molecule has 2 aromatic carbocycles. The second-order valence-electron chi connectivity index (χ2n) is 4.62. The number of ether oxygens (including phenoxy) is 1. The van der Waals surface area contributed by atoms with Crippen molar-refractivity contribution in [3.63, 3.8) is 0 Å². The van der Waals surface area contributed by atoms with Crippen molar-refractivity contribution in [3.05, 3.63) is 63.7 Å². The molecule has 0 aliphatic carbocycles. The van der Waals surface area contributed by atoms with Gasteiger partial charge < -0.3 is 15.4 Å². The van der Waals surface area contributed by atoms with Crippen LogP contribution in [0.5, 0.6) is 5.75 Å². The first-order chi connectivity index (χ1) is 11.5. The number of hydrogen-bond donors (Lipinski definition) is 2. The number of nitrogens with one attached hydrogen (secondary N) is 2. The molecule has 0 heterocycles. The van der Waals surface area contributed by atoms with E-state index in [1.807, 2.05) is 6.07 Å². The van der Waals surface area contributed by atoms with Gasteiger partial charge in [0, 0.05) is 21.4 Å². The maximum atomic E-state index is 12.2. The Morgan fingerprint density at radius 1 is 1.29 bits per heavy atom. The van der Waals surface area contributed by atoms with E-state index in [2.05, 4.69) is 26.6 Å². The zero-order valence-electron chi connectivity index (χ0n) is 12.6. The molecule has 0 saturated carbocycles. The number of halogens is 2. The number of methoxy groups -OCH3 is 1. The average Bonchev–Trinajstić information content (AvgIpc) is 2.57. The maximum absolute atomic E-state index is 12.2. The van der Waals surface area contributed by atoms with Gasteiger partial charge in [0.2, 0.25) is 0 Å². The zero-order chi connectivity index (χ0) is 17.5. The van der Waals surface area contributed by atoms with E-state index in [0.29, 0.717) is 22.1 Å². The molecule has 0 spiro atoms. The topological polar surface area (TPSA) is 74.1 Å². The van der Waals surface area contributed by atoms with Gasteiger partial charge in [-0.05, 0) is 42.5 Å². The van der Waals surface area contributed by atoms with Gasteiger partial charge in [-0.1, -0.05) is 27.5 Å². The van der Waals surface area contributed by atoms with Crippen LogP contribution in [0.3, 0.4) is 0 Å². The molecule has 122 valence electrons. The van der Waals surface area contributed by atoms with E-state index in [1.54, 1.807) is 42.5 Å². The predicted octanol–water partition coefficient (Wildman–Crippen LogP) is 4.57. The van der Waals surface area contributed by atoms with E-state index < -0.39 is 5.91 Å². The predicted molar refractivity (Wildman–Crippen MR) is 98.1 cm³/mol. The highest BCUT2D eigenvalue weighted by atomic mass is 79.9. The van der Waals surface area contributed by atoms with Crippen LogP contribution in [0.4, 0.5) is 11.4 Å². The molecule has 1 amide bonds. The van der Waals surface area contributed by atoms with Gasteiger partial charge in [-0.2, -0.15) is 5.26 Å². The van der Waals surface area contributed by atoms with Gasteiger partial charge >= 0.3 is 0 Å². The number of rotatable bonds is 5. The molecular formula is C17H13BrClN3O2. The second kappa shape index (κ2) is 8.39. The van der Waals surface area contributed by atoms with Crippen molar-refractivity contribution in [3.8, 4) is 11.8 Å². The van der Waals surface area contributed by atoms with Crippen LogP contribution in [0, 0.1) is 11.3 Å². The van der Waals surface area contributed by atoms with Crippen LogP contribution < -0.4 is 15.4 Å². The summed E-state index contributed by atoms with van der Waals surface area (Å²) in [5, 5.41) is 15.2. The highest BCUT2D eigenvalue weighted by Gasteiger charge is 2.10. The van der Waals surface area contributed by atoms with Gasteiger partial charge in [0.1, 0.15) is 17.4 Å². The molecule has 0 saturated heterocycles. The van der Waals surface area contributed by atoms with Gasteiger partial charge in [0.15, 0.2) is 0 Å². The zero-order valence-corrected chi connectivity index (χ0v) is 15.0. The Labute approximate surface area is 153 Å². The lowest BCUT2D eigenvalue weighted by Gasteiger charge is -2.09. The first-order valence-electron chi connectivity index (χ1n) is 6.80. The largest absolute Gasteiger partial charge is 0.495 e. The molecule has 0 aliphatic rings. The summed E-state index contributed by atoms with van der Waals surface area (Å²) in [4.78, 5) is 12.2. The summed E-state index contributed by atoms with van der Waals surface area (Å²) in [6.45, 7) is 0.